The molecule has 3 rings (SSSR count). The maximum absolute atomic E-state index is 12.2. The summed E-state index contributed by atoms with van der Waals surface area (Å²) in [5.41, 5.74) is 7.41. The number of hydrogen-bond acceptors (Lipinski definition) is 4. The lowest BCUT2D eigenvalue weighted by Gasteiger charge is -2.28. The summed E-state index contributed by atoms with van der Waals surface area (Å²) in [6.07, 6.45) is 0.958. The highest BCUT2D eigenvalue weighted by atomic mass is 16.5. The molecule has 136 valence electrons. The molecule has 1 aliphatic rings. The Morgan fingerprint density at radius 1 is 1.04 bits per heavy atom. The third-order valence-electron chi connectivity index (χ3n) is 4.61. The van der Waals surface area contributed by atoms with Crippen molar-refractivity contribution in [3.05, 3.63) is 65.2 Å². The number of ether oxygens (including phenoxy) is 1. The van der Waals surface area contributed by atoms with Gasteiger partial charge in [-0.25, -0.2) is 5.43 Å². The molecule has 1 heterocycles. The summed E-state index contributed by atoms with van der Waals surface area (Å²) >= 11 is 0. The van der Waals surface area contributed by atoms with Crippen LogP contribution >= 0.6 is 0 Å². The van der Waals surface area contributed by atoms with Crippen molar-refractivity contribution in [2.24, 2.45) is 5.10 Å². The molecule has 0 aliphatic carbocycles. The summed E-state index contributed by atoms with van der Waals surface area (Å²) in [4.78, 5) is 14.5. The second kappa shape index (κ2) is 8.63. The SMILES string of the molecule is CCc1ccc(C(=O)N/N=C(/C)c2ccc(N3CCOCC3)cc2)cc1. The van der Waals surface area contributed by atoms with Crippen molar-refractivity contribution in [2.45, 2.75) is 20.3 Å². The van der Waals surface area contributed by atoms with Gasteiger partial charge in [0.05, 0.1) is 18.9 Å². The zero-order valence-electron chi connectivity index (χ0n) is 15.4. The van der Waals surface area contributed by atoms with E-state index in [-0.39, 0.29) is 5.91 Å². The monoisotopic (exact) mass is 351 g/mol. The summed E-state index contributed by atoms with van der Waals surface area (Å²) < 4.78 is 5.39. The molecule has 2 aromatic rings. The molecule has 5 heteroatoms. The first-order valence-electron chi connectivity index (χ1n) is 9.04. The van der Waals surface area contributed by atoms with Crippen molar-refractivity contribution < 1.29 is 9.53 Å². The molecular formula is C21H25N3O2. The highest BCUT2D eigenvalue weighted by molar-refractivity contribution is 6.01. The van der Waals surface area contributed by atoms with Gasteiger partial charge in [0, 0.05) is 24.3 Å². The summed E-state index contributed by atoms with van der Waals surface area (Å²) in [5.74, 6) is -0.197. The molecule has 1 saturated heterocycles. The molecule has 1 amide bonds. The van der Waals surface area contributed by atoms with Crippen LogP contribution in [0.1, 0.15) is 35.3 Å². The van der Waals surface area contributed by atoms with Crippen molar-refractivity contribution in [1.29, 1.82) is 0 Å². The van der Waals surface area contributed by atoms with Crippen molar-refractivity contribution in [3.8, 4) is 0 Å². The largest absolute Gasteiger partial charge is 0.378 e. The zero-order chi connectivity index (χ0) is 18.4. The molecule has 5 nitrogen and oxygen atoms in total. The van der Waals surface area contributed by atoms with Gasteiger partial charge in [0.15, 0.2) is 0 Å². The molecule has 0 saturated carbocycles. The van der Waals surface area contributed by atoms with E-state index >= 15 is 0 Å². The van der Waals surface area contributed by atoms with Crippen LogP contribution in [0.3, 0.4) is 0 Å². The van der Waals surface area contributed by atoms with Crippen molar-refractivity contribution in [2.75, 3.05) is 31.2 Å². The minimum Gasteiger partial charge on any atom is -0.378 e. The fraction of sp³-hybridized carbons (Fsp3) is 0.333. The van der Waals surface area contributed by atoms with Gasteiger partial charge in [-0.1, -0.05) is 31.2 Å². The van der Waals surface area contributed by atoms with Gasteiger partial charge in [-0.3, -0.25) is 4.79 Å². The number of anilines is 1. The van der Waals surface area contributed by atoms with Crippen molar-refractivity contribution in [1.82, 2.24) is 5.43 Å². The highest BCUT2D eigenvalue weighted by Gasteiger charge is 2.11. The van der Waals surface area contributed by atoms with Gasteiger partial charge in [-0.2, -0.15) is 5.10 Å². The molecule has 0 bridgehead atoms. The van der Waals surface area contributed by atoms with Gasteiger partial charge in [0.2, 0.25) is 0 Å². The Kier molecular flexibility index (Phi) is 6.02. The molecule has 0 radical (unpaired) electrons. The fourth-order valence-corrected chi connectivity index (χ4v) is 2.89. The van der Waals surface area contributed by atoms with E-state index in [1.807, 2.05) is 43.3 Å². The third-order valence-corrected chi connectivity index (χ3v) is 4.61. The number of carbonyl (C=O) groups is 1. The lowest BCUT2D eigenvalue weighted by atomic mass is 10.1. The highest BCUT2D eigenvalue weighted by Crippen LogP contribution is 2.17. The number of benzene rings is 2. The first kappa shape index (κ1) is 18.1. The molecule has 26 heavy (non-hydrogen) atoms. The molecule has 1 aliphatic heterocycles. The minimum absolute atomic E-state index is 0.197. The second-order valence-corrected chi connectivity index (χ2v) is 6.33. The molecule has 1 N–H and O–H groups in total. The predicted molar refractivity (Wildman–Crippen MR) is 105 cm³/mol. The standard InChI is InChI=1S/C21H25N3O2/c1-3-17-4-6-19(7-5-17)21(25)23-22-16(2)18-8-10-20(11-9-18)24-12-14-26-15-13-24/h4-11H,3,12-15H2,1-2H3,(H,23,25)/b22-16-. The summed E-state index contributed by atoms with van der Waals surface area (Å²) in [5, 5.41) is 4.24. The van der Waals surface area contributed by atoms with Gasteiger partial charge in [-0.15, -0.1) is 0 Å². The van der Waals surface area contributed by atoms with E-state index in [2.05, 4.69) is 34.5 Å². The van der Waals surface area contributed by atoms with Crippen LogP contribution in [0, 0.1) is 0 Å². The smallest absolute Gasteiger partial charge is 0.271 e. The summed E-state index contributed by atoms with van der Waals surface area (Å²) in [6.45, 7) is 7.36. The van der Waals surface area contributed by atoms with E-state index < -0.39 is 0 Å². The Morgan fingerprint density at radius 3 is 2.27 bits per heavy atom. The van der Waals surface area contributed by atoms with Crippen LogP contribution in [0.4, 0.5) is 5.69 Å². The Morgan fingerprint density at radius 2 is 1.65 bits per heavy atom. The number of hydrazone groups is 1. The number of hydrogen-bond donors (Lipinski definition) is 1. The van der Waals surface area contributed by atoms with Gasteiger partial charge in [0.25, 0.3) is 5.91 Å². The van der Waals surface area contributed by atoms with E-state index in [0.29, 0.717) is 5.56 Å². The van der Waals surface area contributed by atoms with Crippen LogP contribution in [0.2, 0.25) is 0 Å². The van der Waals surface area contributed by atoms with E-state index in [9.17, 15) is 4.79 Å². The van der Waals surface area contributed by atoms with Crippen LogP contribution in [0.15, 0.2) is 53.6 Å². The van der Waals surface area contributed by atoms with Gasteiger partial charge in [-0.05, 0) is 48.7 Å². The van der Waals surface area contributed by atoms with Gasteiger partial charge < -0.3 is 9.64 Å². The maximum Gasteiger partial charge on any atom is 0.271 e. The third kappa shape index (κ3) is 4.49. The van der Waals surface area contributed by atoms with Crippen LogP contribution in [0.25, 0.3) is 0 Å². The first-order valence-corrected chi connectivity index (χ1v) is 9.04. The number of carbonyl (C=O) groups excluding carboxylic acids is 1. The average molecular weight is 351 g/mol. The number of rotatable bonds is 5. The van der Waals surface area contributed by atoms with E-state index in [4.69, 9.17) is 4.74 Å². The van der Waals surface area contributed by atoms with Crippen LogP contribution in [-0.2, 0) is 11.2 Å². The van der Waals surface area contributed by atoms with Crippen molar-refractivity contribution in [3.63, 3.8) is 0 Å². The number of nitrogens with zero attached hydrogens (tertiary/aromatic N) is 2. The van der Waals surface area contributed by atoms with Gasteiger partial charge >= 0.3 is 0 Å². The number of nitrogens with one attached hydrogen (secondary N) is 1. The molecule has 1 fully saturated rings. The normalized spacial score (nSPS) is 15.0. The Bertz CT molecular complexity index is 761. The Hall–Kier alpha value is -2.66. The molecule has 2 aromatic carbocycles. The van der Waals surface area contributed by atoms with E-state index in [1.165, 1.54) is 11.3 Å². The minimum atomic E-state index is -0.197. The molecular weight excluding hydrogens is 326 g/mol. The lowest BCUT2D eigenvalue weighted by Crippen LogP contribution is -2.36. The van der Waals surface area contributed by atoms with E-state index in [0.717, 1.165) is 44.0 Å². The number of aryl methyl sites for hydroxylation is 1. The fourth-order valence-electron chi connectivity index (χ4n) is 2.89. The predicted octanol–water partition coefficient (Wildman–Crippen LogP) is 3.24. The first-order chi connectivity index (χ1) is 12.7. The molecule has 0 unspecified atom stereocenters. The second-order valence-electron chi connectivity index (χ2n) is 6.33. The lowest BCUT2D eigenvalue weighted by molar-refractivity contribution is 0.0955. The van der Waals surface area contributed by atoms with Crippen LogP contribution < -0.4 is 10.3 Å². The van der Waals surface area contributed by atoms with Crippen molar-refractivity contribution >= 4 is 17.3 Å². The quantitative estimate of drug-likeness (QED) is 0.665. The molecule has 0 spiro atoms. The van der Waals surface area contributed by atoms with Crippen LogP contribution in [0.5, 0.6) is 0 Å². The maximum atomic E-state index is 12.2. The van der Waals surface area contributed by atoms with E-state index in [1.54, 1.807) is 0 Å². The average Bonchev–Trinajstić information content (AvgIpc) is 2.72. The zero-order valence-corrected chi connectivity index (χ0v) is 15.4. The molecule has 0 aromatic heterocycles. The molecule has 0 atom stereocenters. The summed E-state index contributed by atoms with van der Waals surface area (Å²) in [7, 11) is 0. The summed E-state index contributed by atoms with van der Waals surface area (Å²) in [6, 6.07) is 15.8. The Balaban J connectivity index is 1.62. The number of morpholine rings is 1. The van der Waals surface area contributed by atoms with Crippen LogP contribution in [-0.4, -0.2) is 37.9 Å². The topological polar surface area (TPSA) is 53.9 Å². The Labute approximate surface area is 154 Å². The number of amides is 1. The van der Waals surface area contributed by atoms with Gasteiger partial charge in [0.1, 0.15) is 0 Å².